The van der Waals surface area contributed by atoms with Gasteiger partial charge in [0, 0.05) is 18.7 Å². The highest BCUT2D eigenvalue weighted by molar-refractivity contribution is 6.32. The fourth-order valence-corrected chi connectivity index (χ4v) is 1.86. The summed E-state index contributed by atoms with van der Waals surface area (Å²) < 4.78 is 15.5. The van der Waals surface area contributed by atoms with Crippen LogP contribution in [0.5, 0.6) is 5.75 Å². The molecule has 0 fully saturated rings. The summed E-state index contributed by atoms with van der Waals surface area (Å²) in [6.45, 7) is 2.08. The number of hydrogen-bond donors (Lipinski definition) is 0. The number of halogens is 1. The first kappa shape index (κ1) is 14.6. The average molecular weight is 296 g/mol. The number of ether oxygens (including phenoxy) is 2. The van der Waals surface area contributed by atoms with Gasteiger partial charge in [-0.2, -0.15) is 0 Å². The van der Waals surface area contributed by atoms with E-state index >= 15 is 0 Å². The molecule has 2 aromatic rings. The van der Waals surface area contributed by atoms with Crippen LogP contribution in [0.3, 0.4) is 0 Å². The van der Waals surface area contributed by atoms with Gasteiger partial charge in [-0.15, -0.1) is 0 Å². The number of rotatable bonds is 6. The lowest BCUT2D eigenvalue weighted by molar-refractivity contribution is 0.101. The lowest BCUT2D eigenvalue weighted by Crippen LogP contribution is -1.98. The molecule has 5 nitrogen and oxygen atoms in total. The summed E-state index contributed by atoms with van der Waals surface area (Å²) in [5, 5.41) is 4.24. The summed E-state index contributed by atoms with van der Waals surface area (Å²) in [6, 6.07) is 6.66. The summed E-state index contributed by atoms with van der Waals surface area (Å²) in [5.74, 6) is 1.08. The summed E-state index contributed by atoms with van der Waals surface area (Å²) >= 11 is 6.05. The molecule has 0 atom stereocenters. The lowest BCUT2D eigenvalue weighted by Gasteiger charge is -2.07. The fraction of sp³-hybridized carbons (Fsp3) is 0.286. The molecule has 0 saturated heterocycles. The molecular weight excluding hydrogens is 282 g/mol. The molecule has 0 spiro atoms. The van der Waals surface area contributed by atoms with Gasteiger partial charge in [0.15, 0.2) is 11.5 Å². The van der Waals surface area contributed by atoms with Crippen LogP contribution in [-0.2, 0) is 18.0 Å². The topological polar surface area (TPSA) is 61.6 Å². The molecule has 0 radical (unpaired) electrons. The zero-order valence-corrected chi connectivity index (χ0v) is 11.9. The summed E-state index contributed by atoms with van der Waals surface area (Å²) in [4.78, 5) is 11.2. The monoisotopic (exact) mass is 295 g/mol. The molecule has 2 rings (SSSR count). The first-order chi connectivity index (χ1) is 9.60. The fourth-order valence-electron chi connectivity index (χ4n) is 1.62. The van der Waals surface area contributed by atoms with Gasteiger partial charge in [-0.25, -0.2) is 0 Å². The van der Waals surface area contributed by atoms with E-state index in [4.69, 9.17) is 25.6 Å². The number of benzene rings is 1. The number of carbonyl (C=O) groups is 1. The normalized spacial score (nSPS) is 10.6. The molecule has 0 unspecified atom stereocenters. The van der Waals surface area contributed by atoms with Gasteiger partial charge in [0.05, 0.1) is 5.02 Å². The van der Waals surface area contributed by atoms with E-state index in [9.17, 15) is 4.79 Å². The molecule has 6 heteroatoms. The molecule has 0 aliphatic rings. The third kappa shape index (κ3) is 3.59. The Morgan fingerprint density at radius 1 is 1.35 bits per heavy atom. The number of ketones is 1. The third-order valence-corrected chi connectivity index (χ3v) is 2.90. The summed E-state index contributed by atoms with van der Waals surface area (Å²) in [5.41, 5.74) is 1.19. The Labute approximate surface area is 121 Å². The third-order valence-electron chi connectivity index (χ3n) is 2.61. The number of nitrogens with zero attached hydrogens (tertiary/aromatic N) is 1. The highest BCUT2D eigenvalue weighted by Crippen LogP contribution is 2.26. The Morgan fingerprint density at radius 3 is 2.80 bits per heavy atom. The summed E-state index contributed by atoms with van der Waals surface area (Å²) in [7, 11) is 1.58. The first-order valence-electron chi connectivity index (χ1n) is 5.97. The zero-order chi connectivity index (χ0) is 14.5. The molecule has 0 bridgehead atoms. The van der Waals surface area contributed by atoms with Gasteiger partial charge in [0.2, 0.25) is 0 Å². The maximum atomic E-state index is 11.2. The Hall–Kier alpha value is -1.85. The molecule has 106 valence electrons. The predicted molar refractivity (Wildman–Crippen MR) is 73.0 cm³/mol. The van der Waals surface area contributed by atoms with E-state index in [-0.39, 0.29) is 12.4 Å². The lowest BCUT2D eigenvalue weighted by atomic mass is 10.1. The van der Waals surface area contributed by atoms with Gasteiger partial charge < -0.3 is 14.0 Å². The van der Waals surface area contributed by atoms with Crippen molar-refractivity contribution in [1.29, 1.82) is 0 Å². The Balaban J connectivity index is 2.01. The van der Waals surface area contributed by atoms with Crippen LogP contribution >= 0.6 is 11.6 Å². The highest BCUT2D eigenvalue weighted by Gasteiger charge is 2.08. The average Bonchev–Trinajstić information content (AvgIpc) is 2.85. The van der Waals surface area contributed by atoms with Crippen LogP contribution in [0.2, 0.25) is 5.02 Å². The van der Waals surface area contributed by atoms with E-state index in [1.54, 1.807) is 31.4 Å². The van der Waals surface area contributed by atoms with Crippen molar-refractivity contribution < 1.29 is 18.8 Å². The van der Waals surface area contributed by atoms with Crippen LogP contribution in [0.25, 0.3) is 0 Å². The molecule has 0 aliphatic heterocycles. The Bertz CT molecular complexity index is 609. The molecule has 0 N–H and O–H groups in total. The zero-order valence-electron chi connectivity index (χ0n) is 11.2. The van der Waals surface area contributed by atoms with Crippen LogP contribution in [0.15, 0.2) is 28.8 Å². The molecule has 0 saturated carbocycles. The highest BCUT2D eigenvalue weighted by atomic mass is 35.5. The molecular formula is C14H14ClNO4. The van der Waals surface area contributed by atoms with E-state index in [1.807, 2.05) is 0 Å². The minimum atomic E-state index is -0.0424. The number of carbonyl (C=O) groups excluding carboxylic acids is 1. The molecule has 1 aromatic heterocycles. The second kappa shape index (κ2) is 6.54. The second-order valence-electron chi connectivity index (χ2n) is 4.21. The van der Waals surface area contributed by atoms with Gasteiger partial charge in [-0.3, -0.25) is 4.79 Å². The standard InChI is InChI=1S/C14H14ClNO4/c1-9(17)10-3-4-14(13(15)5-10)19-7-11-6-12(8-18-2)20-16-11/h3-6H,7-8H2,1-2H3. The van der Waals surface area contributed by atoms with E-state index in [1.165, 1.54) is 6.92 Å². The number of aromatic nitrogens is 1. The largest absolute Gasteiger partial charge is 0.486 e. The van der Waals surface area contributed by atoms with Crippen LogP contribution in [0.4, 0.5) is 0 Å². The molecule has 1 aromatic carbocycles. The van der Waals surface area contributed by atoms with Crippen molar-refractivity contribution in [3.63, 3.8) is 0 Å². The Kier molecular flexibility index (Phi) is 4.76. The SMILES string of the molecule is COCc1cc(COc2ccc(C(C)=O)cc2Cl)no1. The molecule has 0 amide bonds. The van der Waals surface area contributed by atoms with E-state index in [0.29, 0.717) is 34.4 Å². The van der Waals surface area contributed by atoms with E-state index < -0.39 is 0 Å². The van der Waals surface area contributed by atoms with E-state index in [0.717, 1.165) is 0 Å². The number of Topliss-reactive ketones (excluding diaryl/α,β-unsaturated/α-hetero) is 1. The first-order valence-corrected chi connectivity index (χ1v) is 6.34. The van der Waals surface area contributed by atoms with Crippen LogP contribution in [0.1, 0.15) is 28.7 Å². The maximum Gasteiger partial charge on any atom is 0.162 e. The maximum absolute atomic E-state index is 11.2. The molecule has 20 heavy (non-hydrogen) atoms. The van der Waals surface area contributed by atoms with Crippen molar-refractivity contribution in [2.75, 3.05) is 7.11 Å². The minimum Gasteiger partial charge on any atom is -0.486 e. The van der Waals surface area contributed by atoms with Gasteiger partial charge in [-0.05, 0) is 25.1 Å². The van der Waals surface area contributed by atoms with Crippen molar-refractivity contribution >= 4 is 17.4 Å². The smallest absolute Gasteiger partial charge is 0.162 e. The van der Waals surface area contributed by atoms with Crippen LogP contribution in [-0.4, -0.2) is 18.0 Å². The van der Waals surface area contributed by atoms with Crippen molar-refractivity contribution in [1.82, 2.24) is 5.16 Å². The van der Waals surface area contributed by atoms with Crippen molar-refractivity contribution in [3.05, 3.63) is 46.3 Å². The quantitative estimate of drug-likeness (QED) is 0.766. The summed E-state index contributed by atoms with van der Waals surface area (Å²) in [6.07, 6.45) is 0. The van der Waals surface area contributed by atoms with Gasteiger partial charge in [0.25, 0.3) is 0 Å². The van der Waals surface area contributed by atoms with Crippen molar-refractivity contribution in [2.24, 2.45) is 0 Å². The van der Waals surface area contributed by atoms with Gasteiger partial charge in [0.1, 0.15) is 24.7 Å². The molecule has 0 aliphatic carbocycles. The van der Waals surface area contributed by atoms with Crippen molar-refractivity contribution in [2.45, 2.75) is 20.1 Å². The Morgan fingerprint density at radius 2 is 2.15 bits per heavy atom. The molecule has 1 heterocycles. The van der Waals surface area contributed by atoms with Crippen molar-refractivity contribution in [3.8, 4) is 5.75 Å². The predicted octanol–water partition coefficient (Wildman–Crippen LogP) is 3.26. The second-order valence-corrected chi connectivity index (χ2v) is 4.61. The number of methoxy groups -OCH3 is 1. The van der Waals surface area contributed by atoms with Crippen LogP contribution < -0.4 is 4.74 Å². The van der Waals surface area contributed by atoms with Gasteiger partial charge >= 0.3 is 0 Å². The van der Waals surface area contributed by atoms with Crippen LogP contribution in [0, 0.1) is 0 Å². The minimum absolute atomic E-state index is 0.0424. The van der Waals surface area contributed by atoms with E-state index in [2.05, 4.69) is 5.16 Å². The van der Waals surface area contributed by atoms with Gasteiger partial charge in [-0.1, -0.05) is 16.8 Å². The number of hydrogen-bond acceptors (Lipinski definition) is 5.